The Labute approximate surface area is 331 Å². The maximum atomic E-state index is 13.4. The highest BCUT2D eigenvalue weighted by Gasteiger charge is 2.30. The van der Waals surface area contributed by atoms with Crippen molar-refractivity contribution in [2.45, 2.75) is 9.79 Å². The van der Waals surface area contributed by atoms with Gasteiger partial charge in [0.1, 0.15) is 50.8 Å². The Bertz CT molecular complexity index is 2910. The molecule has 4 heterocycles. The van der Waals surface area contributed by atoms with Crippen LogP contribution in [0.25, 0.3) is 45.0 Å². The monoisotopic (exact) mass is 820 g/mol. The molecule has 18 heteroatoms. The maximum absolute atomic E-state index is 13.4. The molecular weight excluding hydrogens is 791 g/mol. The summed E-state index contributed by atoms with van der Waals surface area (Å²) in [5.41, 5.74) is 3.26. The summed E-state index contributed by atoms with van der Waals surface area (Å²) < 4.78 is 92.3. The first-order chi connectivity index (χ1) is 28.0. The summed E-state index contributed by atoms with van der Waals surface area (Å²) in [5.74, 6) is -0.230. The molecule has 14 nitrogen and oxygen atoms in total. The fourth-order valence-corrected chi connectivity index (χ4v) is 8.46. The number of nitrogens with zero attached hydrogens (tertiary/aromatic N) is 8. The fourth-order valence-electron chi connectivity index (χ4n) is 5.78. The lowest BCUT2D eigenvalue weighted by molar-refractivity contribution is 0.402. The van der Waals surface area contributed by atoms with Crippen LogP contribution in [-0.4, -0.2) is 69.8 Å². The van der Waals surface area contributed by atoms with Gasteiger partial charge in [-0.25, -0.2) is 8.78 Å². The molecule has 0 aliphatic carbocycles. The van der Waals surface area contributed by atoms with Crippen LogP contribution < -0.4 is 9.47 Å². The van der Waals surface area contributed by atoms with Crippen LogP contribution in [0.1, 0.15) is 0 Å². The molecule has 292 valence electrons. The van der Waals surface area contributed by atoms with E-state index in [0.29, 0.717) is 39.4 Å². The Morgan fingerprint density at radius 2 is 1.00 bits per heavy atom. The number of benzene rings is 4. The van der Waals surface area contributed by atoms with Gasteiger partial charge >= 0.3 is 0 Å². The number of ether oxygens (including phenoxy) is 2. The summed E-state index contributed by atoms with van der Waals surface area (Å²) in [6.07, 6.45) is 6.16. The zero-order valence-corrected chi connectivity index (χ0v) is 32.1. The van der Waals surface area contributed by atoms with Crippen LogP contribution in [0.3, 0.4) is 0 Å². The van der Waals surface area contributed by atoms with Gasteiger partial charge in [-0.3, -0.25) is 9.97 Å². The molecule has 0 aliphatic rings. The first-order valence-electron chi connectivity index (χ1n) is 17.0. The van der Waals surface area contributed by atoms with Gasteiger partial charge in [0.05, 0.1) is 19.1 Å². The second kappa shape index (κ2) is 16.5. The Balaban J connectivity index is 0.000000177. The zero-order chi connectivity index (χ0) is 40.9. The molecule has 4 aromatic carbocycles. The van der Waals surface area contributed by atoms with Gasteiger partial charge < -0.3 is 9.47 Å². The van der Waals surface area contributed by atoms with Gasteiger partial charge in [0.15, 0.2) is 0 Å². The largest absolute Gasteiger partial charge is 0.497 e. The molecule has 0 N–H and O–H groups in total. The average molecular weight is 821 g/mol. The summed E-state index contributed by atoms with van der Waals surface area (Å²) in [5, 5.41) is 16.0. The number of hydrogen-bond acceptors (Lipinski definition) is 12. The highest BCUT2D eigenvalue weighted by atomic mass is 32.2. The first-order valence-corrected chi connectivity index (χ1v) is 19.9. The van der Waals surface area contributed by atoms with Crippen molar-refractivity contribution >= 4 is 20.0 Å². The highest BCUT2D eigenvalue weighted by Crippen LogP contribution is 2.35. The lowest BCUT2D eigenvalue weighted by Crippen LogP contribution is -2.17. The molecule has 58 heavy (non-hydrogen) atoms. The van der Waals surface area contributed by atoms with Crippen LogP contribution in [0, 0.1) is 11.6 Å². The Hall–Kier alpha value is -7.18. The lowest BCUT2D eigenvalue weighted by Gasteiger charge is -2.12. The summed E-state index contributed by atoms with van der Waals surface area (Å²) >= 11 is 0. The van der Waals surface area contributed by atoms with E-state index in [1.54, 1.807) is 67.0 Å². The smallest absolute Gasteiger partial charge is 0.288 e. The van der Waals surface area contributed by atoms with E-state index < -0.39 is 31.7 Å². The van der Waals surface area contributed by atoms with Crippen LogP contribution in [0.2, 0.25) is 0 Å². The molecule has 0 saturated heterocycles. The molecule has 8 aromatic rings. The maximum Gasteiger partial charge on any atom is 0.288 e. The minimum absolute atomic E-state index is 0.00251. The van der Waals surface area contributed by atoms with Crippen molar-refractivity contribution in [1.82, 2.24) is 38.8 Å². The predicted octanol–water partition coefficient (Wildman–Crippen LogP) is 6.78. The second-order valence-electron chi connectivity index (χ2n) is 12.1. The molecule has 0 saturated carbocycles. The number of hydrogen-bond donors (Lipinski definition) is 0. The van der Waals surface area contributed by atoms with Crippen molar-refractivity contribution < 1.29 is 35.1 Å². The SMILES string of the molecule is COc1cccc(S(=O)(=O)n2nnc(-c3ccc(F)cc3)c2-c2ccncc2)c1.COc1ccccc1S(=O)(=O)n1nnc(-c2ccc(F)cc2)c1-c1ccncc1. The molecule has 8 rings (SSSR count). The van der Waals surface area contributed by atoms with Gasteiger partial charge in [0.25, 0.3) is 20.0 Å². The molecular formula is C40H30F2N8O6S2. The fraction of sp³-hybridized carbons (Fsp3) is 0.0500. The van der Waals surface area contributed by atoms with Crippen molar-refractivity contribution in [3.63, 3.8) is 0 Å². The minimum Gasteiger partial charge on any atom is -0.497 e. The van der Waals surface area contributed by atoms with E-state index in [4.69, 9.17) is 9.47 Å². The van der Waals surface area contributed by atoms with E-state index in [0.717, 1.165) is 8.17 Å². The average Bonchev–Trinajstić information content (AvgIpc) is 3.92. The van der Waals surface area contributed by atoms with Crippen molar-refractivity contribution in [2.75, 3.05) is 14.2 Å². The van der Waals surface area contributed by atoms with E-state index in [-0.39, 0.29) is 26.9 Å². The number of methoxy groups -OCH3 is 2. The lowest BCUT2D eigenvalue weighted by atomic mass is 10.1. The van der Waals surface area contributed by atoms with Crippen molar-refractivity contribution in [3.8, 4) is 56.5 Å². The summed E-state index contributed by atoms with van der Waals surface area (Å²) in [7, 11) is -5.36. The zero-order valence-electron chi connectivity index (χ0n) is 30.5. The molecule has 0 unspecified atom stereocenters. The molecule has 0 aliphatic heterocycles. The number of rotatable bonds is 10. The third-order valence-electron chi connectivity index (χ3n) is 8.57. The predicted molar refractivity (Wildman–Crippen MR) is 208 cm³/mol. The summed E-state index contributed by atoms with van der Waals surface area (Å²) in [6.45, 7) is 0. The number of aromatic nitrogens is 8. The van der Waals surface area contributed by atoms with Gasteiger partial charge in [-0.2, -0.15) is 16.8 Å². The summed E-state index contributed by atoms with van der Waals surface area (Å²) in [4.78, 5) is 7.91. The standard InChI is InChI=1S/2C20H15FN4O3S/c1-28-17-3-2-4-18(13-17)29(26,27)25-20(15-9-11-22-12-10-15)19(23-24-25)14-5-7-16(21)8-6-14;1-28-17-4-2-3-5-18(17)29(26,27)25-20(15-10-12-22-13-11-15)19(23-24-25)14-6-8-16(21)9-7-14/h2*2-13H,1H3. The van der Waals surface area contributed by atoms with Gasteiger partial charge in [0, 0.05) is 53.1 Å². The normalized spacial score (nSPS) is 11.4. The van der Waals surface area contributed by atoms with Gasteiger partial charge in [-0.1, -0.05) is 28.6 Å². The number of pyridine rings is 2. The van der Waals surface area contributed by atoms with Gasteiger partial charge in [-0.15, -0.1) is 18.4 Å². The number of para-hydroxylation sites is 1. The van der Waals surface area contributed by atoms with E-state index in [1.165, 1.54) is 93.3 Å². The van der Waals surface area contributed by atoms with E-state index in [9.17, 15) is 25.6 Å². The van der Waals surface area contributed by atoms with Gasteiger partial charge in [0.2, 0.25) is 0 Å². The van der Waals surface area contributed by atoms with Crippen molar-refractivity contribution in [1.29, 1.82) is 0 Å². The molecule has 0 bridgehead atoms. The van der Waals surface area contributed by atoms with Crippen molar-refractivity contribution in [2.24, 2.45) is 0 Å². The molecule has 0 atom stereocenters. The van der Waals surface area contributed by atoms with Crippen LogP contribution in [0.15, 0.2) is 156 Å². The minimum atomic E-state index is -4.13. The molecule has 0 fully saturated rings. The summed E-state index contributed by atoms with van der Waals surface area (Å²) in [6, 6.07) is 30.1. The Morgan fingerprint density at radius 1 is 0.517 bits per heavy atom. The topological polar surface area (TPSA) is 174 Å². The number of halogens is 2. The van der Waals surface area contributed by atoms with Crippen LogP contribution in [0.5, 0.6) is 11.5 Å². The van der Waals surface area contributed by atoms with E-state index in [1.807, 2.05) is 0 Å². The highest BCUT2D eigenvalue weighted by molar-refractivity contribution is 7.90. The molecule has 0 spiro atoms. The molecule has 0 amide bonds. The third kappa shape index (κ3) is 7.78. The van der Waals surface area contributed by atoms with Crippen LogP contribution >= 0.6 is 0 Å². The van der Waals surface area contributed by atoms with E-state index in [2.05, 4.69) is 30.6 Å². The Kier molecular flexibility index (Phi) is 11.1. The van der Waals surface area contributed by atoms with Crippen LogP contribution in [-0.2, 0) is 20.0 Å². The first kappa shape index (κ1) is 39.1. The van der Waals surface area contributed by atoms with Crippen LogP contribution in [0.4, 0.5) is 8.78 Å². The van der Waals surface area contributed by atoms with Crippen molar-refractivity contribution in [3.05, 3.63) is 158 Å². The quantitative estimate of drug-likeness (QED) is 0.142. The second-order valence-corrected chi connectivity index (χ2v) is 15.6. The molecule has 0 radical (unpaired) electrons. The van der Waals surface area contributed by atoms with Gasteiger partial charge in [-0.05, 0) is 97.1 Å². The van der Waals surface area contributed by atoms with E-state index >= 15 is 0 Å². The third-order valence-corrected chi connectivity index (χ3v) is 11.7. The molecule has 4 aromatic heterocycles. The Morgan fingerprint density at radius 3 is 1.48 bits per heavy atom.